The van der Waals surface area contributed by atoms with E-state index in [1.54, 1.807) is 12.4 Å². The Kier molecular flexibility index (Phi) is 3.65. The van der Waals surface area contributed by atoms with Gasteiger partial charge in [0.05, 0.1) is 11.9 Å². The van der Waals surface area contributed by atoms with Crippen LogP contribution in [0.4, 0.5) is 5.82 Å². The second-order valence-electron chi connectivity index (χ2n) is 6.74. The van der Waals surface area contributed by atoms with Crippen molar-refractivity contribution in [3.05, 3.63) is 30.7 Å². The highest BCUT2D eigenvalue weighted by atomic mass is 15.2. The topological polar surface area (TPSA) is 96.6 Å². The number of hydrogen-bond acceptors (Lipinski definition) is 6. The fourth-order valence-electron chi connectivity index (χ4n) is 3.13. The quantitative estimate of drug-likeness (QED) is 0.765. The van der Waals surface area contributed by atoms with E-state index in [-0.39, 0.29) is 5.41 Å². The number of fused-ring (bicyclic) bond motifs is 1. The molecule has 0 aliphatic carbocycles. The van der Waals surface area contributed by atoms with Crippen LogP contribution in [0.2, 0.25) is 0 Å². The molecule has 124 valence electrons. The van der Waals surface area contributed by atoms with Crippen molar-refractivity contribution in [2.24, 2.45) is 11.1 Å². The van der Waals surface area contributed by atoms with Crippen molar-refractivity contribution in [2.75, 3.05) is 24.5 Å². The predicted molar refractivity (Wildman–Crippen MR) is 93.5 cm³/mol. The molecule has 1 aliphatic heterocycles. The third-order valence-corrected chi connectivity index (χ3v) is 4.99. The van der Waals surface area contributed by atoms with Crippen LogP contribution in [0.1, 0.15) is 19.8 Å². The molecule has 0 radical (unpaired) electrons. The summed E-state index contributed by atoms with van der Waals surface area (Å²) in [6.07, 6.45) is 7.52. The normalized spacial score (nSPS) is 17.3. The van der Waals surface area contributed by atoms with Crippen LogP contribution < -0.4 is 10.6 Å². The Labute approximate surface area is 140 Å². The van der Waals surface area contributed by atoms with Gasteiger partial charge in [0.1, 0.15) is 11.3 Å². The summed E-state index contributed by atoms with van der Waals surface area (Å²) in [6.45, 7) is 4.90. The number of piperidine rings is 1. The third kappa shape index (κ3) is 2.60. The van der Waals surface area contributed by atoms with E-state index in [0.29, 0.717) is 5.65 Å². The van der Waals surface area contributed by atoms with Gasteiger partial charge in [0.25, 0.3) is 0 Å². The Morgan fingerprint density at radius 1 is 1.29 bits per heavy atom. The van der Waals surface area contributed by atoms with E-state index in [0.717, 1.165) is 55.1 Å². The Hall–Kier alpha value is -2.54. The van der Waals surface area contributed by atoms with E-state index < -0.39 is 0 Å². The smallest absolute Gasteiger partial charge is 0.202 e. The molecular formula is C17H21N7. The maximum Gasteiger partial charge on any atom is 0.202 e. The van der Waals surface area contributed by atoms with E-state index in [1.807, 2.05) is 18.3 Å². The van der Waals surface area contributed by atoms with E-state index in [1.165, 1.54) is 0 Å². The van der Waals surface area contributed by atoms with E-state index in [9.17, 15) is 0 Å². The average molecular weight is 323 g/mol. The number of hydrogen-bond donors (Lipinski definition) is 2. The van der Waals surface area contributed by atoms with Crippen LogP contribution >= 0.6 is 0 Å². The van der Waals surface area contributed by atoms with Crippen molar-refractivity contribution in [1.82, 2.24) is 25.1 Å². The molecule has 0 spiro atoms. The lowest BCUT2D eigenvalue weighted by Crippen LogP contribution is -2.42. The maximum absolute atomic E-state index is 5.89. The maximum atomic E-state index is 5.89. The second-order valence-corrected chi connectivity index (χ2v) is 6.74. The standard InChI is InChI=1S/C17H21N7/c1-17(11-18)4-7-24(8-5-17)13-10-20-15-14(22-23-16(15)21-13)12-3-2-6-19-9-12/h2-3,6,9-10H,4-5,7-8,11,18H2,1H3,(H,21,22,23). The lowest BCUT2D eigenvalue weighted by atomic mass is 9.80. The van der Waals surface area contributed by atoms with Crippen LogP contribution in [0.5, 0.6) is 0 Å². The van der Waals surface area contributed by atoms with E-state index in [2.05, 4.69) is 37.0 Å². The number of pyridine rings is 1. The summed E-state index contributed by atoms with van der Waals surface area (Å²) in [5, 5.41) is 7.35. The molecule has 0 unspecified atom stereocenters. The first-order chi connectivity index (χ1) is 11.7. The summed E-state index contributed by atoms with van der Waals surface area (Å²) < 4.78 is 0. The van der Waals surface area contributed by atoms with Gasteiger partial charge in [-0.1, -0.05) is 6.92 Å². The first kappa shape index (κ1) is 15.0. The highest BCUT2D eigenvalue weighted by Crippen LogP contribution is 2.32. The number of anilines is 1. The zero-order valence-corrected chi connectivity index (χ0v) is 13.7. The SMILES string of the molecule is CC1(CN)CCN(c2cnc3c(-c4cccnc4)[nH]nc3n2)CC1. The van der Waals surface area contributed by atoms with Gasteiger partial charge in [-0.05, 0) is 36.9 Å². The van der Waals surface area contributed by atoms with Crippen molar-refractivity contribution >= 4 is 17.0 Å². The zero-order chi connectivity index (χ0) is 16.6. The molecule has 3 aromatic rings. The minimum atomic E-state index is 0.244. The molecule has 1 aliphatic rings. The van der Waals surface area contributed by atoms with Gasteiger partial charge in [-0.25, -0.2) is 9.97 Å². The third-order valence-electron chi connectivity index (χ3n) is 4.99. The molecule has 0 aromatic carbocycles. The lowest BCUT2D eigenvalue weighted by molar-refractivity contribution is 0.258. The van der Waals surface area contributed by atoms with Crippen LogP contribution in [0.3, 0.4) is 0 Å². The van der Waals surface area contributed by atoms with Gasteiger partial charge < -0.3 is 10.6 Å². The molecule has 4 rings (SSSR count). The summed E-state index contributed by atoms with van der Waals surface area (Å²) in [5.74, 6) is 0.880. The minimum Gasteiger partial charge on any atom is -0.355 e. The van der Waals surface area contributed by atoms with Gasteiger partial charge in [0, 0.05) is 31.0 Å². The van der Waals surface area contributed by atoms with E-state index in [4.69, 9.17) is 5.73 Å². The van der Waals surface area contributed by atoms with Crippen LogP contribution in [-0.2, 0) is 0 Å². The first-order valence-electron chi connectivity index (χ1n) is 8.25. The number of nitrogens with two attached hydrogens (primary N) is 1. The number of nitrogens with one attached hydrogen (secondary N) is 1. The molecule has 3 aromatic heterocycles. The van der Waals surface area contributed by atoms with Gasteiger partial charge in [0.15, 0.2) is 0 Å². The van der Waals surface area contributed by atoms with Gasteiger partial charge in [-0.3, -0.25) is 10.1 Å². The number of rotatable bonds is 3. The highest BCUT2D eigenvalue weighted by Gasteiger charge is 2.29. The number of aromatic amines is 1. The van der Waals surface area contributed by atoms with Crippen molar-refractivity contribution in [3.63, 3.8) is 0 Å². The number of nitrogens with zero attached hydrogens (tertiary/aromatic N) is 5. The summed E-state index contributed by atoms with van der Waals surface area (Å²) in [7, 11) is 0. The Morgan fingerprint density at radius 2 is 2.12 bits per heavy atom. The molecule has 24 heavy (non-hydrogen) atoms. The highest BCUT2D eigenvalue weighted by molar-refractivity contribution is 5.87. The van der Waals surface area contributed by atoms with Crippen molar-refractivity contribution < 1.29 is 0 Å². The Morgan fingerprint density at radius 3 is 2.83 bits per heavy atom. The molecule has 1 fully saturated rings. The van der Waals surface area contributed by atoms with Gasteiger partial charge in [0.2, 0.25) is 5.65 Å². The van der Waals surface area contributed by atoms with Crippen molar-refractivity contribution in [2.45, 2.75) is 19.8 Å². The monoisotopic (exact) mass is 323 g/mol. The minimum absolute atomic E-state index is 0.244. The van der Waals surface area contributed by atoms with Gasteiger partial charge in [-0.2, -0.15) is 5.10 Å². The van der Waals surface area contributed by atoms with Gasteiger partial charge in [-0.15, -0.1) is 0 Å². The average Bonchev–Trinajstić information content (AvgIpc) is 3.06. The summed E-state index contributed by atoms with van der Waals surface area (Å²) in [6, 6.07) is 3.87. The fourth-order valence-corrected chi connectivity index (χ4v) is 3.13. The molecule has 3 N–H and O–H groups in total. The lowest BCUT2D eigenvalue weighted by Gasteiger charge is -2.39. The Bertz CT molecular complexity index is 835. The molecule has 0 atom stereocenters. The number of aromatic nitrogens is 5. The fraction of sp³-hybridized carbons (Fsp3) is 0.412. The summed E-state index contributed by atoms with van der Waals surface area (Å²) in [5.41, 5.74) is 9.35. The van der Waals surface area contributed by atoms with Crippen LogP contribution in [0, 0.1) is 5.41 Å². The molecule has 0 bridgehead atoms. The second kappa shape index (κ2) is 5.83. The Balaban J connectivity index is 1.61. The molecule has 0 saturated carbocycles. The molecular weight excluding hydrogens is 302 g/mol. The van der Waals surface area contributed by atoms with Crippen LogP contribution in [0.15, 0.2) is 30.7 Å². The summed E-state index contributed by atoms with van der Waals surface area (Å²) in [4.78, 5) is 15.7. The van der Waals surface area contributed by atoms with Crippen LogP contribution in [-0.4, -0.2) is 44.8 Å². The number of H-pyrrole nitrogens is 1. The molecule has 7 nitrogen and oxygen atoms in total. The molecule has 7 heteroatoms. The zero-order valence-electron chi connectivity index (χ0n) is 13.7. The van der Waals surface area contributed by atoms with Crippen molar-refractivity contribution in [1.29, 1.82) is 0 Å². The first-order valence-corrected chi connectivity index (χ1v) is 8.25. The largest absolute Gasteiger partial charge is 0.355 e. The van der Waals surface area contributed by atoms with Gasteiger partial charge >= 0.3 is 0 Å². The van der Waals surface area contributed by atoms with E-state index >= 15 is 0 Å². The van der Waals surface area contributed by atoms with Crippen molar-refractivity contribution in [3.8, 4) is 11.3 Å². The molecule has 1 saturated heterocycles. The molecule has 0 amide bonds. The van der Waals surface area contributed by atoms with Crippen LogP contribution in [0.25, 0.3) is 22.4 Å². The summed E-state index contributed by atoms with van der Waals surface area (Å²) >= 11 is 0. The molecule has 4 heterocycles. The predicted octanol–water partition coefficient (Wildman–Crippen LogP) is 1.98.